The average molecular weight is 388 g/mol. The van der Waals surface area contributed by atoms with Crippen molar-refractivity contribution in [2.24, 2.45) is 0 Å². The summed E-state index contributed by atoms with van der Waals surface area (Å²) >= 11 is 5.99. The van der Waals surface area contributed by atoms with Crippen molar-refractivity contribution in [3.05, 3.63) is 63.3 Å². The van der Waals surface area contributed by atoms with Crippen LogP contribution in [0.4, 0.5) is 22.7 Å². The van der Waals surface area contributed by atoms with Crippen molar-refractivity contribution in [2.45, 2.75) is 0 Å². The number of nitriles is 1. The molecule has 0 saturated heterocycles. The monoisotopic (exact) mass is 387 g/mol. The van der Waals surface area contributed by atoms with E-state index in [1.807, 2.05) is 0 Å². The Balaban J connectivity index is 2.20. The number of carbonyl (C=O) groups excluding carboxylic acids is 1. The molecule has 0 bridgehead atoms. The van der Waals surface area contributed by atoms with Gasteiger partial charge in [-0.15, -0.1) is 0 Å². The number of carbonyl (C=O) groups is 1. The number of non-ortho nitro benzene ring substituents is 1. The number of nitro benzene ring substituents is 1. The largest absolute Gasteiger partial charge is 0.494 e. The molecule has 0 aliphatic heterocycles. The quantitative estimate of drug-likeness (QED) is 0.227. The fraction of sp³-hybridized carbons (Fsp3) is 0.0588. The Bertz CT molecular complexity index is 968. The molecule has 2 aromatic rings. The van der Waals surface area contributed by atoms with Crippen molar-refractivity contribution in [1.29, 1.82) is 5.26 Å². The molecule has 9 nitrogen and oxygen atoms in total. The van der Waals surface area contributed by atoms with E-state index < -0.39 is 10.8 Å². The van der Waals surface area contributed by atoms with Crippen LogP contribution in [0.3, 0.4) is 0 Å². The van der Waals surface area contributed by atoms with E-state index in [-0.39, 0.29) is 22.0 Å². The number of ether oxygens (including phenoxy) is 1. The number of hydrogen-bond donors (Lipinski definition) is 3. The van der Waals surface area contributed by atoms with Crippen LogP contribution in [0.15, 0.2) is 48.2 Å². The van der Waals surface area contributed by atoms with Gasteiger partial charge in [-0.2, -0.15) is 5.26 Å². The molecule has 4 N–H and O–H groups in total. The second kappa shape index (κ2) is 8.55. The van der Waals surface area contributed by atoms with Crippen LogP contribution in [0.5, 0.6) is 5.75 Å². The van der Waals surface area contributed by atoms with E-state index in [2.05, 4.69) is 10.6 Å². The van der Waals surface area contributed by atoms with Gasteiger partial charge in [0.05, 0.1) is 34.5 Å². The number of nitrogen functional groups attached to an aromatic ring is 1. The number of rotatable bonds is 6. The number of amides is 1. The van der Waals surface area contributed by atoms with Crippen LogP contribution in [0, 0.1) is 21.4 Å². The Morgan fingerprint density at radius 3 is 2.63 bits per heavy atom. The van der Waals surface area contributed by atoms with Gasteiger partial charge < -0.3 is 21.1 Å². The number of nitrogens with two attached hydrogens (primary N) is 1. The second-order valence-corrected chi connectivity index (χ2v) is 5.56. The number of nitrogens with zero attached hydrogens (tertiary/aromatic N) is 2. The van der Waals surface area contributed by atoms with Crippen LogP contribution in [0.25, 0.3) is 0 Å². The van der Waals surface area contributed by atoms with Gasteiger partial charge in [-0.3, -0.25) is 14.9 Å². The molecule has 0 unspecified atom stereocenters. The van der Waals surface area contributed by atoms with Crippen LogP contribution >= 0.6 is 11.6 Å². The third-order valence-corrected chi connectivity index (χ3v) is 3.69. The molecule has 2 rings (SSSR count). The third-order valence-electron chi connectivity index (χ3n) is 3.37. The van der Waals surface area contributed by atoms with Gasteiger partial charge in [0, 0.05) is 18.0 Å². The summed E-state index contributed by atoms with van der Waals surface area (Å²) in [6.45, 7) is 0. The van der Waals surface area contributed by atoms with Gasteiger partial charge in [0.25, 0.3) is 11.6 Å². The van der Waals surface area contributed by atoms with Gasteiger partial charge in [0.15, 0.2) is 0 Å². The number of halogens is 1. The van der Waals surface area contributed by atoms with E-state index in [1.54, 1.807) is 12.1 Å². The van der Waals surface area contributed by atoms with Crippen molar-refractivity contribution >= 4 is 40.3 Å². The van der Waals surface area contributed by atoms with E-state index >= 15 is 0 Å². The SMILES string of the molecule is COc1cc([N+](=O)[O-])ccc1N/C=C(/C#N)C(=O)Nc1ccc(N)cc1Cl. The molecule has 0 atom stereocenters. The number of methoxy groups -OCH3 is 1. The number of nitrogens with one attached hydrogen (secondary N) is 2. The van der Waals surface area contributed by atoms with Gasteiger partial charge in [0.1, 0.15) is 17.4 Å². The first kappa shape index (κ1) is 19.6. The zero-order valence-electron chi connectivity index (χ0n) is 14.0. The lowest BCUT2D eigenvalue weighted by atomic mass is 10.2. The van der Waals surface area contributed by atoms with Gasteiger partial charge in [0.2, 0.25) is 0 Å². The van der Waals surface area contributed by atoms with Crippen molar-refractivity contribution in [2.75, 3.05) is 23.5 Å². The van der Waals surface area contributed by atoms with E-state index in [0.29, 0.717) is 17.1 Å². The van der Waals surface area contributed by atoms with Crippen molar-refractivity contribution in [3.63, 3.8) is 0 Å². The van der Waals surface area contributed by atoms with Gasteiger partial charge >= 0.3 is 0 Å². The maximum Gasteiger partial charge on any atom is 0.273 e. The number of hydrogen-bond acceptors (Lipinski definition) is 7. The van der Waals surface area contributed by atoms with Crippen LogP contribution in [-0.2, 0) is 4.79 Å². The van der Waals surface area contributed by atoms with E-state index in [9.17, 15) is 20.2 Å². The summed E-state index contributed by atoms with van der Waals surface area (Å²) in [6, 6.07) is 10.2. The molecule has 0 saturated carbocycles. The van der Waals surface area contributed by atoms with Crippen molar-refractivity contribution in [1.82, 2.24) is 0 Å². The number of nitro groups is 1. The summed E-state index contributed by atoms with van der Waals surface area (Å²) in [6.07, 6.45) is 1.16. The fourth-order valence-corrected chi connectivity index (χ4v) is 2.27. The molecule has 2 aromatic carbocycles. The molecule has 0 spiro atoms. The Labute approximate surface area is 159 Å². The molecule has 0 radical (unpaired) electrons. The van der Waals surface area contributed by atoms with Crippen LogP contribution in [0.1, 0.15) is 0 Å². The highest BCUT2D eigenvalue weighted by molar-refractivity contribution is 6.34. The molecule has 1 amide bonds. The van der Waals surface area contributed by atoms with E-state index in [1.165, 1.54) is 37.4 Å². The molecule has 0 aliphatic rings. The summed E-state index contributed by atoms with van der Waals surface area (Å²) in [4.78, 5) is 22.5. The molecule has 0 heterocycles. The van der Waals surface area contributed by atoms with E-state index in [0.717, 1.165) is 6.20 Å². The smallest absolute Gasteiger partial charge is 0.273 e. The molecule has 0 aliphatic carbocycles. The zero-order valence-corrected chi connectivity index (χ0v) is 14.8. The molecule has 0 fully saturated rings. The van der Waals surface area contributed by atoms with Gasteiger partial charge in [-0.1, -0.05) is 11.6 Å². The minimum Gasteiger partial charge on any atom is -0.494 e. The molecular formula is C17H14ClN5O4. The molecule has 0 aromatic heterocycles. The maximum atomic E-state index is 12.2. The highest BCUT2D eigenvalue weighted by Gasteiger charge is 2.14. The third kappa shape index (κ3) is 4.87. The van der Waals surface area contributed by atoms with Gasteiger partial charge in [-0.05, 0) is 24.3 Å². The summed E-state index contributed by atoms with van der Waals surface area (Å²) in [7, 11) is 1.34. The first-order valence-corrected chi connectivity index (χ1v) is 7.79. The highest BCUT2D eigenvalue weighted by Crippen LogP contribution is 2.29. The fourth-order valence-electron chi connectivity index (χ4n) is 2.03. The molecule has 10 heteroatoms. The predicted molar refractivity (Wildman–Crippen MR) is 101 cm³/mol. The normalized spacial score (nSPS) is 10.6. The van der Waals surface area contributed by atoms with Crippen LogP contribution < -0.4 is 21.1 Å². The summed E-state index contributed by atoms with van der Waals surface area (Å²) in [5, 5.41) is 25.5. The van der Waals surface area contributed by atoms with Gasteiger partial charge in [-0.25, -0.2) is 0 Å². The second-order valence-electron chi connectivity index (χ2n) is 5.15. The average Bonchev–Trinajstić information content (AvgIpc) is 2.64. The number of benzene rings is 2. The first-order valence-electron chi connectivity index (χ1n) is 7.41. The van der Waals surface area contributed by atoms with Crippen molar-refractivity contribution in [3.8, 4) is 11.8 Å². The van der Waals surface area contributed by atoms with Crippen LogP contribution in [0.2, 0.25) is 5.02 Å². The predicted octanol–water partition coefficient (Wildman–Crippen LogP) is 3.30. The summed E-state index contributed by atoms with van der Waals surface area (Å²) in [5.74, 6) is -0.516. The van der Waals surface area contributed by atoms with Crippen molar-refractivity contribution < 1.29 is 14.5 Å². The highest BCUT2D eigenvalue weighted by atomic mass is 35.5. The first-order chi connectivity index (χ1) is 12.8. The Morgan fingerprint density at radius 1 is 1.33 bits per heavy atom. The molecular weight excluding hydrogens is 374 g/mol. The lowest BCUT2D eigenvalue weighted by Crippen LogP contribution is -2.15. The zero-order chi connectivity index (χ0) is 20.0. The topological polar surface area (TPSA) is 143 Å². The lowest BCUT2D eigenvalue weighted by Gasteiger charge is -2.09. The Morgan fingerprint density at radius 2 is 2.04 bits per heavy atom. The Kier molecular flexibility index (Phi) is 6.19. The minimum atomic E-state index is -0.697. The Hall–Kier alpha value is -3.77. The minimum absolute atomic E-state index is 0.155. The standard InChI is InChI=1S/C17H14ClN5O4/c1-27-16-7-12(23(25)26)3-5-15(16)21-9-10(8-19)17(24)22-14-4-2-11(20)6-13(14)18/h2-7,9,21H,20H2,1H3,(H,22,24)/b10-9-. The molecule has 27 heavy (non-hydrogen) atoms. The van der Waals surface area contributed by atoms with E-state index in [4.69, 9.17) is 22.1 Å². The molecule has 138 valence electrons. The summed E-state index contributed by atoms with van der Waals surface area (Å²) in [5.41, 5.74) is 6.26. The van der Waals surface area contributed by atoms with Crippen LogP contribution in [-0.4, -0.2) is 17.9 Å². The lowest BCUT2D eigenvalue weighted by molar-refractivity contribution is -0.384. The summed E-state index contributed by atoms with van der Waals surface area (Å²) < 4.78 is 5.08. The number of anilines is 3. The maximum absolute atomic E-state index is 12.2.